The van der Waals surface area contributed by atoms with Gasteiger partial charge in [0.25, 0.3) is 0 Å². The van der Waals surface area contributed by atoms with E-state index in [9.17, 15) is 23.1 Å². The average Bonchev–Trinajstić information content (AvgIpc) is 2.43. The highest BCUT2D eigenvalue weighted by atomic mass is 32.1. The van der Waals surface area contributed by atoms with Gasteiger partial charge in [0.15, 0.2) is 6.10 Å². The number of carbonyl (C=O) groups excluding carboxylic acids is 1. The van der Waals surface area contributed by atoms with Crippen LogP contribution in [0.15, 0.2) is 0 Å². The number of aliphatic hydroxyl groups is 1. The maximum Gasteiger partial charge on any atom is 0.416 e. The van der Waals surface area contributed by atoms with Crippen LogP contribution in [0.5, 0.6) is 0 Å². The van der Waals surface area contributed by atoms with Crippen molar-refractivity contribution in [2.75, 3.05) is 6.54 Å². The number of amides is 2. The van der Waals surface area contributed by atoms with Crippen molar-refractivity contribution in [2.24, 2.45) is 0 Å². The Bertz CT molecular complexity index is 312. The molecule has 2 amide bonds. The fourth-order valence-corrected chi connectivity index (χ4v) is 2.53. The molecular formula is C8H11F3N2O2S. The average molecular weight is 256 g/mol. The molecule has 3 atom stereocenters. The zero-order valence-corrected chi connectivity index (χ0v) is 9.08. The Morgan fingerprint density at radius 2 is 2.06 bits per heavy atom. The Morgan fingerprint density at radius 3 is 2.62 bits per heavy atom. The van der Waals surface area contributed by atoms with Gasteiger partial charge < -0.3 is 10.0 Å². The molecule has 0 aromatic rings. The maximum absolute atomic E-state index is 12.4. The van der Waals surface area contributed by atoms with E-state index < -0.39 is 24.4 Å². The third kappa shape index (κ3) is 1.73. The van der Waals surface area contributed by atoms with Gasteiger partial charge in [-0.15, -0.1) is 0 Å². The maximum atomic E-state index is 12.4. The number of thiol groups is 1. The molecule has 0 saturated carbocycles. The van der Waals surface area contributed by atoms with E-state index in [4.69, 9.17) is 0 Å². The predicted molar refractivity (Wildman–Crippen MR) is 51.8 cm³/mol. The third-order valence-corrected chi connectivity index (χ3v) is 3.59. The van der Waals surface area contributed by atoms with Crippen LogP contribution in [-0.4, -0.2) is 51.3 Å². The van der Waals surface area contributed by atoms with E-state index in [-0.39, 0.29) is 19.0 Å². The van der Waals surface area contributed by atoms with Crippen LogP contribution in [0.4, 0.5) is 18.0 Å². The van der Waals surface area contributed by atoms with E-state index in [1.807, 2.05) is 0 Å². The number of aliphatic hydroxyl groups excluding tert-OH is 1. The van der Waals surface area contributed by atoms with Crippen LogP contribution in [0.3, 0.4) is 0 Å². The number of nitrogens with zero attached hydrogens (tertiary/aromatic N) is 2. The number of hydrogen-bond donors (Lipinski definition) is 2. The van der Waals surface area contributed by atoms with E-state index in [1.54, 1.807) is 0 Å². The van der Waals surface area contributed by atoms with Crippen LogP contribution in [0.25, 0.3) is 0 Å². The van der Waals surface area contributed by atoms with Crippen LogP contribution in [0.1, 0.15) is 12.8 Å². The van der Waals surface area contributed by atoms with Crippen molar-refractivity contribution in [3.63, 3.8) is 0 Å². The van der Waals surface area contributed by atoms with Crippen LogP contribution < -0.4 is 0 Å². The smallest absolute Gasteiger partial charge is 0.382 e. The van der Waals surface area contributed by atoms with Crippen LogP contribution in [-0.2, 0) is 0 Å². The van der Waals surface area contributed by atoms with Crippen molar-refractivity contribution in [3.8, 4) is 0 Å². The van der Waals surface area contributed by atoms with Gasteiger partial charge in [0, 0.05) is 6.54 Å². The molecule has 1 unspecified atom stereocenters. The first kappa shape index (κ1) is 11.8. The van der Waals surface area contributed by atoms with Gasteiger partial charge in [0.05, 0.1) is 12.1 Å². The molecule has 8 heteroatoms. The Kier molecular flexibility index (Phi) is 2.73. The summed E-state index contributed by atoms with van der Waals surface area (Å²) in [5.41, 5.74) is 0. The number of fused-ring (bicyclic) bond motifs is 2. The van der Waals surface area contributed by atoms with E-state index in [1.165, 1.54) is 0 Å². The Hall–Kier alpha value is -0.630. The first-order valence-corrected chi connectivity index (χ1v) is 5.26. The molecule has 92 valence electrons. The summed E-state index contributed by atoms with van der Waals surface area (Å²) in [6.07, 6.45) is -6.59. The number of halogens is 3. The van der Waals surface area contributed by atoms with Crippen LogP contribution in [0.2, 0.25) is 0 Å². The molecule has 16 heavy (non-hydrogen) atoms. The first-order valence-electron chi connectivity index (χ1n) is 4.86. The number of carbonyl (C=O) groups is 1. The number of alkyl halides is 3. The SMILES string of the molecule is O=C1N(S)[C@@H]2CC[C@@H](C(O)C(F)(F)F)N1C2. The van der Waals surface area contributed by atoms with Gasteiger partial charge in [-0.2, -0.15) is 13.2 Å². The second-order valence-corrected chi connectivity index (χ2v) is 4.50. The van der Waals surface area contributed by atoms with E-state index in [0.717, 1.165) is 9.21 Å². The minimum absolute atomic E-state index is 0.146. The van der Waals surface area contributed by atoms with E-state index in [2.05, 4.69) is 12.8 Å². The van der Waals surface area contributed by atoms with Gasteiger partial charge in [-0.1, -0.05) is 12.8 Å². The highest BCUT2D eigenvalue weighted by Crippen LogP contribution is 2.36. The summed E-state index contributed by atoms with van der Waals surface area (Å²) in [5, 5.41) is 9.17. The standard InChI is InChI=1S/C8H11F3N2O2S/c9-8(10,11)6(14)5-2-1-4-3-12(5)7(15)13(4)16/h4-6,14,16H,1-3H2/t4-,5+,6?/m1/s1. The highest BCUT2D eigenvalue weighted by molar-refractivity contribution is 7.78. The molecule has 2 heterocycles. The lowest BCUT2D eigenvalue weighted by molar-refractivity contribution is -0.220. The Morgan fingerprint density at radius 1 is 1.44 bits per heavy atom. The molecule has 2 aliphatic heterocycles. The molecule has 2 fully saturated rings. The minimum Gasteiger partial charge on any atom is -0.382 e. The lowest BCUT2D eigenvalue weighted by Gasteiger charge is -2.34. The highest BCUT2D eigenvalue weighted by Gasteiger charge is 2.52. The van der Waals surface area contributed by atoms with Gasteiger partial charge in [0.2, 0.25) is 0 Å². The molecule has 2 bridgehead atoms. The van der Waals surface area contributed by atoms with Crippen LogP contribution >= 0.6 is 12.8 Å². The van der Waals surface area contributed by atoms with Crippen molar-refractivity contribution in [1.82, 2.24) is 9.21 Å². The summed E-state index contributed by atoms with van der Waals surface area (Å²) in [7, 11) is 0. The molecule has 0 aliphatic carbocycles. The van der Waals surface area contributed by atoms with Gasteiger partial charge in [-0.05, 0) is 12.8 Å². The number of urea groups is 1. The van der Waals surface area contributed by atoms with Crippen molar-refractivity contribution in [1.29, 1.82) is 0 Å². The number of rotatable bonds is 1. The van der Waals surface area contributed by atoms with Crippen molar-refractivity contribution in [2.45, 2.75) is 37.2 Å². The molecule has 0 aromatic heterocycles. The minimum atomic E-state index is -4.69. The van der Waals surface area contributed by atoms with Crippen molar-refractivity contribution >= 4 is 18.8 Å². The summed E-state index contributed by atoms with van der Waals surface area (Å²) < 4.78 is 38.2. The molecule has 2 saturated heterocycles. The molecule has 4 nitrogen and oxygen atoms in total. The topological polar surface area (TPSA) is 43.8 Å². The first-order chi connectivity index (χ1) is 7.32. The predicted octanol–water partition coefficient (Wildman–Crippen LogP) is 1.02. The quantitative estimate of drug-likeness (QED) is 0.688. The van der Waals surface area contributed by atoms with Crippen LogP contribution in [0, 0.1) is 0 Å². The third-order valence-electron chi connectivity index (χ3n) is 3.09. The fourth-order valence-electron chi connectivity index (χ4n) is 2.23. The number of piperidine rings is 1. The zero-order chi connectivity index (χ0) is 12.1. The summed E-state index contributed by atoms with van der Waals surface area (Å²) in [6, 6.07) is -1.88. The largest absolute Gasteiger partial charge is 0.416 e. The van der Waals surface area contributed by atoms with Gasteiger partial charge in [0.1, 0.15) is 0 Å². The summed E-state index contributed by atoms with van der Waals surface area (Å²) in [5.74, 6) is 0. The molecule has 0 spiro atoms. The number of hydrogen-bond acceptors (Lipinski definition) is 3. The normalized spacial score (nSPS) is 32.2. The molecule has 0 radical (unpaired) electrons. The lowest BCUT2D eigenvalue weighted by atomic mass is 9.96. The molecule has 2 aliphatic rings. The summed E-state index contributed by atoms with van der Waals surface area (Å²) in [6.45, 7) is 0.208. The second-order valence-electron chi connectivity index (χ2n) is 4.06. The fraction of sp³-hybridized carbons (Fsp3) is 0.875. The summed E-state index contributed by atoms with van der Waals surface area (Å²) >= 11 is 3.92. The van der Waals surface area contributed by atoms with E-state index >= 15 is 0 Å². The Labute approximate surface area is 95.5 Å². The zero-order valence-electron chi connectivity index (χ0n) is 8.18. The summed E-state index contributed by atoms with van der Waals surface area (Å²) in [4.78, 5) is 12.6. The molecule has 2 rings (SSSR count). The van der Waals surface area contributed by atoms with E-state index in [0.29, 0.717) is 6.42 Å². The monoisotopic (exact) mass is 256 g/mol. The van der Waals surface area contributed by atoms with Gasteiger partial charge in [-0.3, -0.25) is 4.31 Å². The van der Waals surface area contributed by atoms with Gasteiger partial charge in [-0.25, -0.2) is 4.79 Å². The molecule has 0 aromatic carbocycles. The van der Waals surface area contributed by atoms with Gasteiger partial charge >= 0.3 is 12.2 Å². The van der Waals surface area contributed by atoms with Crippen molar-refractivity contribution < 1.29 is 23.1 Å². The molecule has 1 N–H and O–H groups in total. The second kappa shape index (κ2) is 3.69. The lowest BCUT2D eigenvalue weighted by Crippen LogP contribution is -2.52. The van der Waals surface area contributed by atoms with Crippen molar-refractivity contribution in [3.05, 3.63) is 0 Å². The molecular weight excluding hydrogens is 245 g/mol. The Balaban J connectivity index is 2.17.